The van der Waals surface area contributed by atoms with Gasteiger partial charge in [-0.15, -0.1) is 0 Å². The number of aryl methyl sites for hydroxylation is 1. The molecule has 1 rings (SSSR count). The summed E-state index contributed by atoms with van der Waals surface area (Å²) in [5.74, 6) is 0. The molecule has 1 aromatic rings. The lowest BCUT2D eigenvalue weighted by Crippen LogP contribution is -2.27. The van der Waals surface area contributed by atoms with Gasteiger partial charge in [-0.1, -0.05) is 20.8 Å². The number of nitrogens with one attached hydrogen (secondary N) is 1. The first-order valence-corrected chi connectivity index (χ1v) is 5.06. The van der Waals surface area contributed by atoms with Crippen LogP contribution < -0.4 is 5.56 Å². The molecule has 0 aliphatic carbocycles. The molecule has 0 saturated heterocycles. The van der Waals surface area contributed by atoms with E-state index in [1.807, 2.05) is 20.8 Å². The molecule has 0 bridgehead atoms. The quantitative estimate of drug-likeness (QED) is 0.735. The third kappa shape index (κ3) is 1.76. The van der Waals surface area contributed by atoms with Crippen molar-refractivity contribution in [1.82, 2.24) is 9.78 Å². The highest BCUT2D eigenvalue weighted by atomic mass is 16.1. The maximum Gasteiger partial charge on any atom is 0.270 e. The fourth-order valence-corrected chi connectivity index (χ4v) is 1.82. The van der Waals surface area contributed by atoms with Crippen LogP contribution >= 0.6 is 0 Å². The van der Waals surface area contributed by atoms with Gasteiger partial charge in [0, 0.05) is 17.3 Å². The van der Waals surface area contributed by atoms with Crippen molar-refractivity contribution in [1.29, 1.82) is 0 Å². The Balaban J connectivity index is 3.41. The third-order valence-corrected chi connectivity index (χ3v) is 2.36. The zero-order chi connectivity index (χ0) is 11.1. The Labute approximate surface area is 85.1 Å². The van der Waals surface area contributed by atoms with Crippen LogP contribution in [0.15, 0.2) is 4.79 Å². The van der Waals surface area contributed by atoms with Crippen LogP contribution in [0, 0.1) is 6.92 Å². The number of aromatic nitrogens is 2. The molecule has 0 saturated carbocycles. The van der Waals surface area contributed by atoms with Gasteiger partial charge in [0.15, 0.2) is 0 Å². The maximum atomic E-state index is 12.0. The Morgan fingerprint density at radius 3 is 2.00 bits per heavy atom. The summed E-state index contributed by atoms with van der Waals surface area (Å²) in [4.78, 5) is 12.0. The van der Waals surface area contributed by atoms with E-state index in [4.69, 9.17) is 0 Å². The standard InChI is InChI=1S/C11H20N2O/c1-7(2)13-10(14)9(8(3)12-13)11(4,5)6/h7,12H,1-6H3. The molecule has 0 aliphatic rings. The Kier molecular flexibility index (Phi) is 2.61. The van der Waals surface area contributed by atoms with Crippen molar-refractivity contribution in [3.8, 4) is 0 Å². The van der Waals surface area contributed by atoms with Gasteiger partial charge in [-0.3, -0.25) is 14.6 Å². The van der Waals surface area contributed by atoms with Crippen LogP contribution in [0.1, 0.15) is 51.9 Å². The minimum absolute atomic E-state index is 0.0855. The number of hydrogen-bond donors (Lipinski definition) is 1. The number of rotatable bonds is 1. The average molecular weight is 196 g/mol. The van der Waals surface area contributed by atoms with Gasteiger partial charge >= 0.3 is 0 Å². The molecule has 1 heterocycles. The van der Waals surface area contributed by atoms with Gasteiger partial charge in [0.1, 0.15) is 0 Å². The maximum absolute atomic E-state index is 12.0. The van der Waals surface area contributed by atoms with Crippen LogP contribution in [0.4, 0.5) is 0 Å². The molecule has 1 aromatic heterocycles. The predicted molar refractivity (Wildman–Crippen MR) is 58.9 cm³/mol. The first-order valence-electron chi connectivity index (χ1n) is 5.06. The summed E-state index contributed by atoms with van der Waals surface area (Å²) in [6.45, 7) is 12.2. The Morgan fingerprint density at radius 1 is 1.29 bits per heavy atom. The van der Waals surface area contributed by atoms with Gasteiger partial charge in [-0.2, -0.15) is 0 Å². The topological polar surface area (TPSA) is 37.8 Å². The van der Waals surface area contributed by atoms with E-state index < -0.39 is 0 Å². The summed E-state index contributed by atoms with van der Waals surface area (Å²) in [5.41, 5.74) is 1.91. The molecule has 80 valence electrons. The summed E-state index contributed by atoms with van der Waals surface area (Å²) in [7, 11) is 0. The molecule has 0 unspecified atom stereocenters. The molecule has 0 amide bonds. The Bertz CT molecular complexity index is 377. The second kappa shape index (κ2) is 3.30. The number of H-pyrrole nitrogens is 1. The van der Waals surface area contributed by atoms with E-state index in [2.05, 4.69) is 25.9 Å². The molecular weight excluding hydrogens is 176 g/mol. The van der Waals surface area contributed by atoms with Crippen LogP contribution in [0.2, 0.25) is 0 Å². The zero-order valence-corrected chi connectivity index (χ0v) is 9.93. The second-order valence-electron chi connectivity index (χ2n) is 5.13. The summed E-state index contributed by atoms with van der Waals surface area (Å²) < 4.78 is 1.69. The first-order chi connectivity index (χ1) is 6.25. The first kappa shape index (κ1) is 11.1. The van der Waals surface area contributed by atoms with Gasteiger partial charge in [0.05, 0.1) is 0 Å². The van der Waals surface area contributed by atoms with Crippen molar-refractivity contribution in [3.63, 3.8) is 0 Å². The molecular formula is C11H20N2O. The lowest BCUT2D eigenvalue weighted by molar-refractivity contribution is 0.508. The van der Waals surface area contributed by atoms with Crippen molar-refractivity contribution in [2.24, 2.45) is 0 Å². The van der Waals surface area contributed by atoms with E-state index in [-0.39, 0.29) is 17.0 Å². The number of aromatic amines is 1. The predicted octanol–water partition coefficient (Wildman–Crippen LogP) is 2.36. The van der Waals surface area contributed by atoms with E-state index in [1.165, 1.54) is 0 Å². The van der Waals surface area contributed by atoms with Crippen LogP contribution in [0.3, 0.4) is 0 Å². The van der Waals surface area contributed by atoms with E-state index >= 15 is 0 Å². The molecule has 0 spiro atoms. The molecule has 0 aromatic carbocycles. The summed E-state index contributed by atoms with van der Waals surface area (Å²) in [5, 5.41) is 3.12. The normalized spacial score (nSPS) is 12.5. The zero-order valence-electron chi connectivity index (χ0n) is 9.93. The van der Waals surface area contributed by atoms with Gasteiger partial charge < -0.3 is 0 Å². The molecule has 14 heavy (non-hydrogen) atoms. The number of hydrogen-bond acceptors (Lipinski definition) is 1. The lowest BCUT2D eigenvalue weighted by atomic mass is 9.87. The van der Waals surface area contributed by atoms with E-state index in [9.17, 15) is 4.79 Å². The van der Waals surface area contributed by atoms with Crippen LogP contribution in [0.5, 0.6) is 0 Å². The molecule has 0 fully saturated rings. The van der Waals surface area contributed by atoms with Gasteiger partial charge in [-0.05, 0) is 26.2 Å². The van der Waals surface area contributed by atoms with E-state index in [0.29, 0.717) is 0 Å². The van der Waals surface area contributed by atoms with E-state index in [0.717, 1.165) is 11.3 Å². The fourth-order valence-electron chi connectivity index (χ4n) is 1.82. The second-order valence-corrected chi connectivity index (χ2v) is 5.13. The minimum atomic E-state index is -0.0855. The highest BCUT2D eigenvalue weighted by Crippen LogP contribution is 2.21. The molecule has 0 aliphatic heterocycles. The fraction of sp³-hybridized carbons (Fsp3) is 0.727. The van der Waals surface area contributed by atoms with Crippen LogP contribution in [-0.2, 0) is 5.41 Å². The summed E-state index contributed by atoms with van der Waals surface area (Å²) >= 11 is 0. The monoisotopic (exact) mass is 196 g/mol. The van der Waals surface area contributed by atoms with Crippen LogP contribution in [0.25, 0.3) is 0 Å². The minimum Gasteiger partial charge on any atom is -0.299 e. The smallest absolute Gasteiger partial charge is 0.270 e. The third-order valence-electron chi connectivity index (χ3n) is 2.36. The summed E-state index contributed by atoms with van der Waals surface area (Å²) in [6.07, 6.45) is 0. The molecule has 1 N–H and O–H groups in total. The van der Waals surface area contributed by atoms with Crippen LogP contribution in [-0.4, -0.2) is 9.78 Å². The van der Waals surface area contributed by atoms with Crippen molar-refractivity contribution in [2.75, 3.05) is 0 Å². The Hall–Kier alpha value is -0.990. The lowest BCUT2D eigenvalue weighted by Gasteiger charge is -2.16. The highest BCUT2D eigenvalue weighted by Gasteiger charge is 2.24. The summed E-state index contributed by atoms with van der Waals surface area (Å²) in [6, 6.07) is 0.192. The molecule has 3 nitrogen and oxygen atoms in total. The van der Waals surface area contributed by atoms with Gasteiger partial charge in [0.2, 0.25) is 0 Å². The van der Waals surface area contributed by atoms with Crippen molar-refractivity contribution in [3.05, 3.63) is 21.6 Å². The van der Waals surface area contributed by atoms with Crippen molar-refractivity contribution in [2.45, 2.75) is 53.0 Å². The largest absolute Gasteiger partial charge is 0.299 e. The highest BCUT2D eigenvalue weighted by molar-refractivity contribution is 5.24. The molecule has 0 radical (unpaired) electrons. The SMILES string of the molecule is Cc1[nH]n(C(C)C)c(=O)c1C(C)(C)C. The van der Waals surface area contributed by atoms with Gasteiger partial charge in [-0.25, -0.2) is 0 Å². The average Bonchev–Trinajstić information content (AvgIpc) is 2.24. The van der Waals surface area contributed by atoms with Gasteiger partial charge in [0.25, 0.3) is 5.56 Å². The van der Waals surface area contributed by atoms with Crippen molar-refractivity contribution >= 4 is 0 Å². The Morgan fingerprint density at radius 2 is 1.79 bits per heavy atom. The molecule has 3 heteroatoms. The molecule has 0 atom stereocenters. The van der Waals surface area contributed by atoms with E-state index in [1.54, 1.807) is 4.68 Å². The number of nitrogens with zero attached hydrogens (tertiary/aromatic N) is 1. The van der Waals surface area contributed by atoms with Crippen molar-refractivity contribution < 1.29 is 0 Å².